The largest absolute Gasteiger partial charge is 0.356 e. The van der Waals surface area contributed by atoms with Crippen LogP contribution in [0.3, 0.4) is 0 Å². The van der Waals surface area contributed by atoms with E-state index in [-0.39, 0.29) is 5.69 Å². The number of unbranched alkanes of at least 4 members (excludes halogenated alkanes) is 1. The first-order chi connectivity index (χ1) is 8.76. The summed E-state index contributed by atoms with van der Waals surface area (Å²) in [6.07, 6.45) is 3.78. The summed E-state index contributed by atoms with van der Waals surface area (Å²) in [5.41, 5.74) is 0.339. The van der Waals surface area contributed by atoms with E-state index in [0.717, 1.165) is 37.1 Å². The fourth-order valence-corrected chi connectivity index (χ4v) is 2.19. The van der Waals surface area contributed by atoms with Gasteiger partial charge in [-0.2, -0.15) is 5.10 Å². The van der Waals surface area contributed by atoms with Gasteiger partial charge in [0.15, 0.2) is 5.65 Å². The van der Waals surface area contributed by atoms with E-state index in [1.165, 1.54) is 10.7 Å². The number of H-pyrrole nitrogens is 1. The number of hydrogen-bond acceptors (Lipinski definition) is 4. The molecule has 0 atom stereocenters. The normalized spacial score (nSPS) is 11.0. The zero-order valence-corrected chi connectivity index (χ0v) is 11.9. The fourth-order valence-electron chi connectivity index (χ4n) is 1.76. The van der Waals surface area contributed by atoms with Crippen LogP contribution in [0, 0.1) is 0 Å². The van der Waals surface area contributed by atoms with Crippen LogP contribution >= 0.6 is 15.9 Å². The first kappa shape index (κ1) is 13.1. The molecule has 0 amide bonds. The third-order valence-electron chi connectivity index (χ3n) is 2.76. The Morgan fingerprint density at radius 2 is 2.33 bits per heavy atom. The van der Waals surface area contributed by atoms with Gasteiger partial charge in [-0.3, -0.25) is 0 Å². The number of rotatable bonds is 6. The van der Waals surface area contributed by atoms with E-state index in [4.69, 9.17) is 0 Å². The van der Waals surface area contributed by atoms with Crippen molar-refractivity contribution in [3.05, 3.63) is 22.9 Å². The number of nitrogens with zero attached hydrogens (tertiary/aromatic N) is 4. The van der Waals surface area contributed by atoms with Crippen LogP contribution in [-0.2, 0) is 0 Å². The molecule has 6 nitrogen and oxygen atoms in total. The second kappa shape index (κ2) is 5.99. The second-order valence-corrected chi connectivity index (χ2v) is 4.83. The number of aromatic nitrogens is 4. The molecule has 0 aliphatic rings. The molecular formula is C11H16BrN5O. The summed E-state index contributed by atoms with van der Waals surface area (Å²) in [4.78, 5) is 17.9. The standard InChI is InChI=1S/C11H16BrN5O/c1-2-3-5-16(6-4-12)9-7-10-14-15-11(18)17(10)8-13-9/h7-8H,2-6H2,1H3,(H,15,18). The number of aromatic amines is 1. The van der Waals surface area contributed by atoms with Crippen LogP contribution < -0.4 is 10.6 Å². The first-order valence-corrected chi connectivity index (χ1v) is 7.12. The van der Waals surface area contributed by atoms with Crippen LogP contribution in [0.25, 0.3) is 5.65 Å². The molecule has 2 heterocycles. The minimum Gasteiger partial charge on any atom is -0.356 e. The average molecular weight is 314 g/mol. The summed E-state index contributed by atoms with van der Waals surface area (Å²) in [6.45, 7) is 4.01. The molecule has 0 unspecified atom stereocenters. The average Bonchev–Trinajstić information content (AvgIpc) is 2.76. The molecule has 1 N–H and O–H groups in total. The summed E-state index contributed by atoms with van der Waals surface area (Å²) in [7, 11) is 0. The minimum absolute atomic E-state index is 0.260. The summed E-state index contributed by atoms with van der Waals surface area (Å²) < 4.78 is 1.40. The molecule has 0 bridgehead atoms. The van der Waals surface area contributed by atoms with Gasteiger partial charge >= 0.3 is 5.69 Å². The lowest BCUT2D eigenvalue weighted by atomic mass is 10.3. The van der Waals surface area contributed by atoms with E-state index >= 15 is 0 Å². The Kier molecular flexibility index (Phi) is 4.35. The van der Waals surface area contributed by atoms with E-state index in [2.05, 4.69) is 42.9 Å². The van der Waals surface area contributed by atoms with Gasteiger partial charge in [-0.15, -0.1) is 0 Å². The van der Waals surface area contributed by atoms with Gasteiger partial charge in [-0.25, -0.2) is 19.3 Å². The fraction of sp³-hybridized carbons (Fsp3) is 0.545. The van der Waals surface area contributed by atoms with Crippen molar-refractivity contribution in [3.8, 4) is 0 Å². The number of fused-ring (bicyclic) bond motifs is 1. The van der Waals surface area contributed by atoms with Gasteiger partial charge in [0.1, 0.15) is 12.1 Å². The molecule has 98 valence electrons. The Labute approximate surface area is 113 Å². The van der Waals surface area contributed by atoms with Crippen molar-refractivity contribution >= 4 is 27.4 Å². The Hall–Kier alpha value is -1.37. The van der Waals surface area contributed by atoms with Crippen LogP contribution in [0.4, 0.5) is 5.82 Å². The SMILES string of the molecule is CCCCN(CCBr)c1cc2n[nH]c(=O)n2cn1. The Bertz CT molecular complexity index is 564. The van der Waals surface area contributed by atoms with Crippen LogP contribution in [0.1, 0.15) is 19.8 Å². The predicted molar refractivity (Wildman–Crippen MR) is 74.5 cm³/mol. The summed E-state index contributed by atoms with van der Waals surface area (Å²) in [5, 5.41) is 7.24. The van der Waals surface area contributed by atoms with E-state index in [1.54, 1.807) is 0 Å². The number of hydrogen-bond donors (Lipinski definition) is 1. The van der Waals surface area contributed by atoms with Gasteiger partial charge in [0.05, 0.1) is 0 Å². The lowest BCUT2D eigenvalue weighted by Crippen LogP contribution is -2.27. The van der Waals surface area contributed by atoms with E-state index in [0.29, 0.717) is 5.65 Å². The summed E-state index contributed by atoms with van der Waals surface area (Å²) >= 11 is 3.45. The molecule has 0 saturated carbocycles. The molecule has 0 spiro atoms. The Morgan fingerprint density at radius 1 is 1.50 bits per heavy atom. The van der Waals surface area contributed by atoms with Crippen molar-refractivity contribution in [1.29, 1.82) is 0 Å². The van der Waals surface area contributed by atoms with Crippen molar-refractivity contribution in [3.63, 3.8) is 0 Å². The maximum atomic E-state index is 11.3. The van der Waals surface area contributed by atoms with Gasteiger partial charge in [-0.1, -0.05) is 29.3 Å². The van der Waals surface area contributed by atoms with E-state index in [1.807, 2.05) is 6.07 Å². The van der Waals surface area contributed by atoms with Gasteiger partial charge in [0, 0.05) is 24.5 Å². The molecule has 0 radical (unpaired) electrons. The van der Waals surface area contributed by atoms with Crippen molar-refractivity contribution in [2.45, 2.75) is 19.8 Å². The van der Waals surface area contributed by atoms with E-state index in [9.17, 15) is 4.79 Å². The molecule has 0 aliphatic carbocycles. The molecule has 2 aromatic rings. The minimum atomic E-state index is -0.260. The van der Waals surface area contributed by atoms with Crippen LogP contribution in [-0.4, -0.2) is 38.0 Å². The lowest BCUT2D eigenvalue weighted by molar-refractivity contribution is 0.726. The summed E-state index contributed by atoms with van der Waals surface area (Å²) in [6, 6.07) is 1.83. The smallest absolute Gasteiger partial charge is 0.348 e. The zero-order valence-electron chi connectivity index (χ0n) is 10.3. The van der Waals surface area contributed by atoms with Crippen LogP contribution in [0.5, 0.6) is 0 Å². The molecular weight excluding hydrogens is 298 g/mol. The quantitative estimate of drug-likeness (QED) is 0.819. The van der Waals surface area contributed by atoms with Crippen molar-refractivity contribution < 1.29 is 0 Å². The number of alkyl halides is 1. The molecule has 0 aliphatic heterocycles. The highest BCUT2D eigenvalue weighted by atomic mass is 79.9. The molecule has 0 aromatic carbocycles. The molecule has 7 heteroatoms. The first-order valence-electron chi connectivity index (χ1n) is 6.00. The highest BCUT2D eigenvalue weighted by Gasteiger charge is 2.09. The van der Waals surface area contributed by atoms with Crippen LogP contribution in [0.15, 0.2) is 17.2 Å². The molecule has 0 saturated heterocycles. The summed E-state index contributed by atoms with van der Waals surface area (Å²) in [5.74, 6) is 0.856. The maximum absolute atomic E-state index is 11.3. The highest BCUT2D eigenvalue weighted by molar-refractivity contribution is 9.09. The number of halogens is 1. The highest BCUT2D eigenvalue weighted by Crippen LogP contribution is 2.12. The third-order valence-corrected chi connectivity index (χ3v) is 3.11. The third kappa shape index (κ3) is 2.72. The lowest BCUT2D eigenvalue weighted by Gasteiger charge is -2.22. The topological polar surface area (TPSA) is 66.3 Å². The monoisotopic (exact) mass is 313 g/mol. The van der Waals surface area contributed by atoms with Crippen molar-refractivity contribution in [2.24, 2.45) is 0 Å². The molecule has 2 rings (SSSR count). The zero-order chi connectivity index (χ0) is 13.0. The Morgan fingerprint density at radius 3 is 3.06 bits per heavy atom. The van der Waals surface area contributed by atoms with E-state index < -0.39 is 0 Å². The van der Waals surface area contributed by atoms with Gasteiger partial charge in [0.2, 0.25) is 0 Å². The van der Waals surface area contributed by atoms with Gasteiger partial charge in [0.25, 0.3) is 0 Å². The molecule has 18 heavy (non-hydrogen) atoms. The maximum Gasteiger partial charge on any atom is 0.348 e. The van der Waals surface area contributed by atoms with Gasteiger partial charge < -0.3 is 4.90 Å². The Balaban J connectivity index is 2.28. The van der Waals surface area contributed by atoms with Crippen molar-refractivity contribution in [2.75, 3.05) is 23.3 Å². The second-order valence-electron chi connectivity index (χ2n) is 4.03. The number of anilines is 1. The molecule has 2 aromatic heterocycles. The molecule has 0 fully saturated rings. The van der Waals surface area contributed by atoms with Crippen molar-refractivity contribution in [1.82, 2.24) is 19.6 Å². The number of nitrogens with one attached hydrogen (secondary N) is 1. The predicted octanol–water partition coefficient (Wildman–Crippen LogP) is 1.42. The van der Waals surface area contributed by atoms with Gasteiger partial charge in [-0.05, 0) is 6.42 Å². The van der Waals surface area contributed by atoms with Crippen LogP contribution in [0.2, 0.25) is 0 Å².